The molecule has 2 aromatic rings. The van der Waals surface area contributed by atoms with Crippen LogP contribution in [0.3, 0.4) is 0 Å². The molecular formula is C15H13BrO4S. The lowest BCUT2D eigenvalue weighted by Gasteiger charge is -2.06. The summed E-state index contributed by atoms with van der Waals surface area (Å²) in [5, 5.41) is 8.79. The van der Waals surface area contributed by atoms with Crippen molar-refractivity contribution in [2.45, 2.75) is 4.90 Å². The lowest BCUT2D eigenvalue weighted by atomic mass is 10.2. The summed E-state index contributed by atoms with van der Waals surface area (Å²) in [4.78, 5) is 11.5. The topological polar surface area (TPSA) is 63.6 Å². The molecule has 0 aliphatic rings. The average Bonchev–Trinajstić information content (AvgIpc) is 2.48. The lowest BCUT2D eigenvalue weighted by molar-refractivity contribution is 0.0697. The molecule has 0 aromatic heterocycles. The molecule has 0 radical (unpaired) electrons. The molecule has 0 amide bonds. The molecule has 6 heteroatoms. The number of aromatic carboxylic acids is 1. The van der Waals surface area contributed by atoms with Crippen LogP contribution >= 0.6 is 15.9 Å². The Morgan fingerprint density at radius 3 is 2.29 bits per heavy atom. The molecule has 1 N–H and O–H groups in total. The van der Waals surface area contributed by atoms with E-state index in [1.165, 1.54) is 12.1 Å². The van der Waals surface area contributed by atoms with E-state index in [2.05, 4.69) is 15.9 Å². The van der Waals surface area contributed by atoms with Crippen molar-refractivity contribution in [3.63, 3.8) is 0 Å². The highest BCUT2D eigenvalue weighted by Crippen LogP contribution is 2.15. The molecule has 2 rings (SSSR count). The number of halogens is 1. The van der Waals surface area contributed by atoms with Crippen LogP contribution in [0.5, 0.6) is 5.75 Å². The Labute approximate surface area is 133 Å². The van der Waals surface area contributed by atoms with Gasteiger partial charge in [0.2, 0.25) is 0 Å². The van der Waals surface area contributed by atoms with Gasteiger partial charge in [0.05, 0.1) is 22.1 Å². The number of carbonyl (C=O) groups is 1. The highest BCUT2D eigenvalue weighted by Gasteiger charge is 2.05. The highest BCUT2D eigenvalue weighted by atomic mass is 79.9. The van der Waals surface area contributed by atoms with E-state index in [4.69, 9.17) is 9.84 Å². The van der Waals surface area contributed by atoms with Crippen molar-refractivity contribution in [2.75, 3.05) is 12.4 Å². The molecule has 2 aromatic carbocycles. The summed E-state index contributed by atoms with van der Waals surface area (Å²) in [6.45, 7) is 0.301. The molecule has 21 heavy (non-hydrogen) atoms. The Morgan fingerprint density at radius 2 is 1.71 bits per heavy atom. The molecule has 0 spiro atoms. The second kappa shape index (κ2) is 7.38. The summed E-state index contributed by atoms with van der Waals surface area (Å²) < 4.78 is 18.4. The van der Waals surface area contributed by atoms with Gasteiger partial charge in [-0.05, 0) is 48.5 Å². The van der Waals surface area contributed by atoms with E-state index >= 15 is 0 Å². The maximum Gasteiger partial charge on any atom is 0.335 e. The predicted molar refractivity (Wildman–Crippen MR) is 84.3 cm³/mol. The first-order chi connectivity index (χ1) is 10.1. The summed E-state index contributed by atoms with van der Waals surface area (Å²) in [5.41, 5.74) is 0.209. The average molecular weight is 369 g/mol. The van der Waals surface area contributed by atoms with E-state index in [0.29, 0.717) is 18.1 Å². The van der Waals surface area contributed by atoms with Gasteiger partial charge in [-0.2, -0.15) is 0 Å². The number of hydrogen-bond acceptors (Lipinski definition) is 3. The fraction of sp³-hybridized carbons (Fsp3) is 0.133. The van der Waals surface area contributed by atoms with Crippen molar-refractivity contribution < 1.29 is 18.8 Å². The van der Waals surface area contributed by atoms with Crippen LogP contribution in [0, 0.1) is 0 Å². The van der Waals surface area contributed by atoms with Crippen molar-refractivity contribution in [2.24, 2.45) is 0 Å². The van der Waals surface area contributed by atoms with Gasteiger partial charge in [-0.1, -0.05) is 15.9 Å². The van der Waals surface area contributed by atoms with E-state index < -0.39 is 16.8 Å². The van der Waals surface area contributed by atoms with Gasteiger partial charge in [0.15, 0.2) is 0 Å². The van der Waals surface area contributed by atoms with Crippen molar-refractivity contribution in [1.82, 2.24) is 0 Å². The first-order valence-corrected chi connectivity index (χ1v) is 8.27. The largest absolute Gasteiger partial charge is 0.493 e. The fourth-order valence-corrected chi connectivity index (χ4v) is 2.81. The number of ether oxygens (including phenoxy) is 1. The van der Waals surface area contributed by atoms with Crippen LogP contribution in [0.4, 0.5) is 0 Å². The molecule has 0 aliphatic carbocycles. The maximum absolute atomic E-state index is 12.0. The third-order valence-electron chi connectivity index (χ3n) is 2.72. The minimum Gasteiger partial charge on any atom is -0.493 e. The molecule has 110 valence electrons. The van der Waals surface area contributed by atoms with Gasteiger partial charge >= 0.3 is 5.97 Å². The zero-order valence-electron chi connectivity index (χ0n) is 11.0. The quantitative estimate of drug-likeness (QED) is 0.849. The Kier molecular flexibility index (Phi) is 5.52. The molecule has 1 unspecified atom stereocenters. The van der Waals surface area contributed by atoms with Gasteiger partial charge in [-0.3, -0.25) is 4.21 Å². The number of benzene rings is 2. The molecule has 0 bridgehead atoms. The first-order valence-electron chi connectivity index (χ1n) is 6.16. The zero-order valence-corrected chi connectivity index (χ0v) is 13.4. The van der Waals surface area contributed by atoms with Crippen molar-refractivity contribution in [3.05, 3.63) is 58.6 Å². The van der Waals surface area contributed by atoms with Crippen molar-refractivity contribution in [3.8, 4) is 5.75 Å². The van der Waals surface area contributed by atoms with Crippen LogP contribution < -0.4 is 4.74 Å². The van der Waals surface area contributed by atoms with Crippen LogP contribution in [0.25, 0.3) is 0 Å². The SMILES string of the molecule is O=C(O)c1ccc(OCCS(=O)c2ccc(Br)cc2)cc1. The Hall–Kier alpha value is -1.66. The lowest BCUT2D eigenvalue weighted by Crippen LogP contribution is -2.08. The molecule has 0 aliphatic heterocycles. The van der Waals surface area contributed by atoms with Gasteiger partial charge in [0.25, 0.3) is 0 Å². The van der Waals surface area contributed by atoms with E-state index in [-0.39, 0.29) is 5.56 Å². The molecule has 0 saturated carbocycles. The molecule has 0 heterocycles. The van der Waals surface area contributed by atoms with Crippen LogP contribution in [0.1, 0.15) is 10.4 Å². The molecule has 0 fully saturated rings. The van der Waals surface area contributed by atoms with Crippen LogP contribution in [-0.4, -0.2) is 27.6 Å². The Balaban J connectivity index is 1.85. The number of carboxylic acids is 1. The van der Waals surface area contributed by atoms with Gasteiger partial charge in [0.1, 0.15) is 12.4 Å². The molecule has 4 nitrogen and oxygen atoms in total. The second-order valence-corrected chi connectivity index (χ2v) is 6.67. The van der Waals surface area contributed by atoms with E-state index in [1.54, 1.807) is 12.1 Å². The monoisotopic (exact) mass is 368 g/mol. The molecular weight excluding hydrogens is 356 g/mol. The van der Waals surface area contributed by atoms with E-state index in [1.807, 2.05) is 24.3 Å². The number of hydrogen-bond donors (Lipinski definition) is 1. The van der Waals surface area contributed by atoms with Gasteiger partial charge in [-0.15, -0.1) is 0 Å². The maximum atomic E-state index is 12.0. The third kappa shape index (κ3) is 4.68. The van der Waals surface area contributed by atoms with Crippen LogP contribution in [0.15, 0.2) is 57.9 Å². The fourth-order valence-electron chi connectivity index (χ4n) is 1.63. The standard InChI is InChI=1S/C15H13BrO4S/c16-12-3-7-14(8-4-12)21(19)10-9-20-13-5-1-11(2-6-13)15(17)18/h1-8H,9-10H2,(H,17,18). The van der Waals surface area contributed by atoms with Crippen LogP contribution in [0.2, 0.25) is 0 Å². The highest BCUT2D eigenvalue weighted by molar-refractivity contribution is 9.10. The predicted octanol–water partition coefficient (Wildman–Crippen LogP) is 3.33. The third-order valence-corrected chi connectivity index (χ3v) is 4.58. The summed E-state index contributed by atoms with van der Waals surface area (Å²) in [7, 11) is -1.12. The van der Waals surface area contributed by atoms with Crippen LogP contribution in [-0.2, 0) is 10.8 Å². The van der Waals surface area contributed by atoms with E-state index in [0.717, 1.165) is 9.37 Å². The summed E-state index contributed by atoms with van der Waals surface area (Å²) in [6, 6.07) is 13.4. The summed E-state index contributed by atoms with van der Waals surface area (Å²) in [6.07, 6.45) is 0. The van der Waals surface area contributed by atoms with Gasteiger partial charge in [0, 0.05) is 9.37 Å². The number of carboxylic acid groups (broad SMARTS) is 1. The number of rotatable bonds is 6. The molecule has 0 saturated heterocycles. The zero-order chi connectivity index (χ0) is 15.2. The minimum absolute atomic E-state index is 0.209. The Bertz CT molecular complexity index is 638. The van der Waals surface area contributed by atoms with Crippen molar-refractivity contribution in [1.29, 1.82) is 0 Å². The summed E-state index contributed by atoms with van der Waals surface area (Å²) in [5.74, 6) is -0.0341. The Morgan fingerprint density at radius 1 is 1.10 bits per heavy atom. The normalized spacial score (nSPS) is 11.9. The van der Waals surface area contributed by atoms with Gasteiger partial charge in [-0.25, -0.2) is 4.79 Å². The second-order valence-electron chi connectivity index (χ2n) is 4.18. The first kappa shape index (κ1) is 15.7. The summed E-state index contributed by atoms with van der Waals surface area (Å²) >= 11 is 3.33. The molecule has 1 atom stereocenters. The van der Waals surface area contributed by atoms with Gasteiger partial charge < -0.3 is 9.84 Å². The minimum atomic E-state index is -1.12. The van der Waals surface area contributed by atoms with E-state index in [9.17, 15) is 9.00 Å². The smallest absolute Gasteiger partial charge is 0.335 e. The van der Waals surface area contributed by atoms with Crippen molar-refractivity contribution >= 4 is 32.7 Å².